The largest absolute Gasteiger partial charge is 0.421 e. The van der Waals surface area contributed by atoms with Crippen LogP contribution in [0.5, 0.6) is 11.8 Å². The summed E-state index contributed by atoms with van der Waals surface area (Å²) in [4.78, 5) is 8.17. The number of rotatable bonds is 5. The predicted octanol–water partition coefficient (Wildman–Crippen LogP) is 3.42. The molecule has 0 radical (unpaired) electrons. The lowest BCUT2D eigenvalue weighted by atomic mass is 10.3. The Hall–Kier alpha value is -1.53. The molecule has 0 bridgehead atoms. The van der Waals surface area contributed by atoms with Gasteiger partial charge < -0.3 is 10.1 Å². The molecule has 1 aliphatic carbocycles. The maximum absolute atomic E-state index is 13.6. The second-order valence-corrected chi connectivity index (χ2v) is 5.62. The first kappa shape index (κ1) is 13.5. The molecule has 1 aromatic heterocycles. The van der Waals surface area contributed by atoms with E-state index in [0.29, 0.717) is 10.5 Å². The number of hydrogen-bond donors (Lipinski definition) is 1. The number of benzene rings is 1. The average Bonchev–Trinajstić information content (AvgIpc) is 3.25. The topological polar surface area (TPSA) is 47.0 Å². The summed E-state index contributed by atoms with van der Waals surface area (Å²) in [5.74, 6) is -0.348. The minimum atomic E-state index is -0.456. The van der Waals surface area contributed by atoms with Crippen molar-refractivity contribution in [1.29, 1.82) is 0 Å². The van der Waals surface area contributed by atoms with Crippen LogP contribution < -0.4 is 10.1 Å². The van der Waals surface area contributed by atoms with Crippen molar-refractivity contribution in [2.45, 2.75) is 25.4 Å². The molecule has 0 amide bonds. The van der Waals surface area contributed by atoms with E-state index in [1.807, 2.05) is 0 Å². The molecule has 20 heavy (non-hydrogen) atoms. The Balaban J connectivity index is 1.64. The first-order valence-electron chi connectivity index (χ1n) is 6.38. The van der Waals surface area contributed by atoms with E-state index in [9.17, 15) is 4.39 Å². The minimum Gasteiger partial charge on any atom is -0.421 e. The Morgan fingerprint density at radius 2 is 2.05 bits per heavy atom. The van der Waals surface area contributed by atoms with E-state index in [2.05, 4.69) is 31.2 Å². The summed E-state index contributed by atoms with van der Waals surface area (Å²) in [5.41, 5.74) is 0.987. The first-order valence-corrected chi connectivity index (χ1v) is 7.17. The fraction of sp³-hybridized carbons (Fsp3) is 0.286. The molecule has 1 fully saturated rings. The molecule has 3 rings (SSSR count). The standard InChI is InChI=1S/C14H13BrFN3O/c15-10-1-4-13(12(16)5-10)20-14-18-7-9(8-19-14)6-17-11-2-3-11/h1,4-5,7-8,11,17H,2-3,6H2. The van der Waals surface area contributed by atoms with Crippen LogP contribution in [-0.4, -0.2) is 16.0 Å². The Kier molecular flexibility index (Phi) is 3.93. The Bertz CT molecular complexity index is 602. The van der Waals surface area contributed by atoms with Gasteiger partial charge in [0.25, 0.3) is 0 Å². The highest BCUT2D eigenvalue weighted by Crippen LogP contribution is 2.24. The maximum Gasteiger partial charge on any atom is 0.321 e. The molecule has 2 aromatic rings. The highest BCUT2D eigenvalue weighted by Gasteiger charge is 2.20. The Morgan fingerprint density at radius 3 is 2.70 bits per heavy atom. The van der Waals surface area contributed by atoms with Gasteiger partial charge in [-0.05, 0) is 31.0 Å². The van der Waals surface area contributed by atoms with Gasteiger partial charge in [0.05, 0.1) is 0 Å². The quantitative estimate of drug-likeness (QED) is 0.908. The van der Waals surface area contributed by atoms with E-state index in [-0.39, 0.29) is 11.8 Å². The van der Waals surface area contributed by atoms with Gasteiger partial charge in [-0.25, -0.2) is 14.4 Å². The van der Waals surface area contributed by atoms with Crippen LogP contribution in [0.3, 0.4) is 0 Å². The molecule has 0 spiro atoms. The summed E-state index contributed by atoms with van der Waals surface area (Å²) in [5, 5.41) is 3.37. The number of hydrogen-bond acceptors (Lipinski definition) is 4. The van der Waals surface area contributed by atoms with Crippen molar-refractivity contribution >= 4 is 15.9 Å². The predicted molar refractivity (Wildman–Crippen MR) is 76.1 cm³/mol. The fourth-order valence-corrected chi connectivity index (χ4v) is 2.03. The zero-order valence-electron chi connectivity index (χ0n) is 10.6. The third-order valence-corrected chi connectivity index (χ3v) is 3.44. The molecule has 1 saturated carbocycles. The first-order chi connectivity index (χ1) is 9.70. The van der Waals surface area contributed by atoms with Crippen LogP contribution in [0, 0.1) is 5.82 Å². The zero-order chi connectivity index (χ0) is 13.9. The van der Waals surface area contributed by atoms with Crippen LogP contribution in [0.25, 0.3) is 0 Å². The zero-order valence-corrected chi connectivity index (χ0v) is 12.2. The normalized spacial score (nSPS) is 14.3. The lowest BCUT2D eigenvalue weighted by molar-refractivity contribution is 0.410. The summed E-state index contributed by atoms with van der Waals surface area (Å²) >= 11 is 3.19. The summed E-state index contributed by atoms with van der Waals surface area (Å²) in [7, 11) is 0. The van der Waals surface area contributed by atoms with Gasteiger partial charge in [0.15, 0.2) is 11.6 Å². The van der Waals surface area contributed by atoms with E-state index in [0.717, 1.165) is 12.1 Å². The molecule has 6 heteroatoms. The monoisotopic (exact) mass is 337 g/mol. The molecule has 104 valence electrons. The van der Waals surface area contributed by atoms with E-state index in [1.54, 1.807) is 18.5 Å². The number of halogens is 2. The molecular formula is C14H13BrFN3O. The molecular weight excluding hydrogens is 325 g/mol. The Labute approximate surface area is 124 Å². The molecule has 4 nitrogen and oxygen atoms in total. The Morgan fingerprint density at radius 1 is 1.30 bits per heavy atom. The van der Waals surface area contributed by atoms with Gasteiger partial charge in [0.1, 0.15) is 0 Å². The van der Waals surface area contributed by atoms with Crippen molar-refractivity contribution < 1.29 is 9.13 Å². The van der Waals surface area contributed by atoms with Crippen molar-refractivity contribution in [2.24, 2.45) is 0 Å². The second kappa shape index (κ2) is 5.85. The van der Waals surface area contributed by atoms with Crippen LogP contribution in [-0.2, 0) is 6.54 Å². The third kappa shape index (κ3) is 3.52. The van der Waals surface area contributed by atoms with Crippen LogP contribution >= 0.6 is 15.9 Å². The van der Waals surface area contributed by atoms with Gasteiger partial charge in [-0.1, -0.05) is 15.9 Å². The second-order valence-electron chi connectivity index (χ2n) is 4.71. The van der Waals surface area contributed by atoms with Crippen molar-refractivity contribution in [3.63, 3.8) is 0 Å². The van der Waals surface area contributed by atoms with E-state index >= 15 is 0 Å². The van der Waals surface area contributed by atoms with Crippen LogP contribution in [0.4, 0.5) is 4.39 Å². The van der Waals surface area contributed by atoms with Gasteiger partial charge in [-0.3, -0.25) is 0 Å². The molecule has 1 N–H and O–H groups in total. The van der Waals surface area contributed by atoms with Gasteiger partial charge in [-0.15, -0.1) is 0 Å². The lowest BCUT2D eigenvalue weighted by Gasteiger charge is -2.06. The number of aromatic nitrogens is 2. The van der Waals surface area contributed by atoms with Crippen molar-refractivity contribution in [3.05, 3.63) is 46.4 Å². The SMILES string of the molecule is Fc1cc(Br)ccc1Oc1ncc(CNC2CC2)cn1. The molecule has 0 unspecified atom stereocenters. The molecule has 0 saturated heterocycles. The summed E-state index contributed by atoms with van der Waals surface area (Å²) < 4.78 is 19.6. The molecule has 1 heterocycles. The molecule has 1 aromatic carbocycles. The van der Waals surface area contributed by atoms with Crippen molar-refractivity contribution in [1.82, 2.24) is 15.3 Å². The van der Waals surface area contributed by atoms with Crippen LogP contribution in [0.2, 0.25) is 0 Å². The van der Waals surface area contributed by atoms with E-state index in [1.165, 1.54) is 25.0 Å². The van der Waals surface area contributed by atoms with Crippen LogP contribution in [0.1, 0.15) is 18.4 Å². The summed E-state index contributed by atoms with van der Waals surface area (Å²) in [6, 6.07) is 5.35. The third-order valence-electron chi connectivity index (χ3n) is 2.95. The fourth-order valence-electron chi connectivity index (χ4n) is 1.69. The van der Waals surface area contributed by atoms with Gasteiger partial charge in [0, 0.05) is 35.0 Å². The minimum absolute atomic E-state index is 0.108. The highest BCUT2D eigenvalue weighted by atomic mass is 79.9. The van der Waals surface area contributed by atoms with Gasteiger partial charge >= 0.3 is 6.01 Å². The average molecular weight is 338 g/mol. The highest BCUT2D eigenvalue weighted by molar-refractivity contribution is 9.10. The van der Waals surface area contributed by atoms with Crippen molar-refractivity contribution in [3.8, 4) is 11.8 Å². The van der Waals surface area contributed by atoms with Crippen molar-refractivity contribution in [2.75, 3.05) is 0 Å². The summed E-state index contributed by atoms with van der Waals surface area (Å²) in [6.07, 6.45) is 5.86. The van der Waals surface area contributed by atoms with Gasteiger partial charge in [-0.2, -0.15) is 0 Å². The number of nitrogens with one attached hydrogen (secondary N) is 1. The smallest absolute Gasteiger partial charge is 0.321 e. The number of nitrogens with zero attached hydrogens (tertiary/aromatic N) is 2. The van der Waals surface area contributed by atoms with E-state index < -0.39 is 5.82 Å². The van der Waals surface area contributed by atoms with E-state index in [4.69, 9.17) is 4.74 Å². The van der Waals surface area contributed by atoms with Crippen LogP contribution in [0.15, 0.2) is 35.1 Å². The number of ether oxygens (including phenoxy) is 1. The van der Waals surface area contributed by atoms with Gasteiger partial charge in [0.2, 0.25) is 0 Å². The summed E-state index contributed by atoms with van der Waals surface area (Å²) in [6.45, 7) is 0.748. The molecule has 0 atom stereocenters. The maximum atomic E-state index is 13.6. The lowest BCUT2D eigenvalue weighted by Crippen LogP contribution is -2.15. The molecule has 1 aliphatic rings. The molecule has 0 aliphatic heterocycles.